The van der Waals surface area contributed by atoms with Gasteiger partial charge < -0.3 is 16.0 Å². The first-order valence-corrected chi connectivity index (χ1v) is 8.83. The van der Waals surface area contributed by atoms with Gasteiger partial charge in [-0.1, -0.05) is 18.7 Å². The fourth-order valence-electron chi connectivity index (χ4n) is 4.12. The maximum absolute atomic E-state index is 11.5. The second-order valence-corrected chi connectivity index (χ2v) is 7.34. The molecule has 1 aromatic carbocycles. The van der Waals surface area contributed by atoms with E-state index in [0.717, 1.165) is 23.0 Å². The maximum Gasteiger partial charge on any atom is 0.247 e. The van der Waals surface area contributed by atoms with Gasteiger partial charge in [0.25, 0.3) is 0 Å². The first kappa shape index (κ1) is 15.2. The molecule has 3 N–H and O–H groups in total. The highest BCUT2D eigenvalue weighted by Gasteiger charge is 2.57. The predicted molar refractivity (Wildman–Crippen MR) is 101 cm³/mol. The van der Waals surface area contributed by atoms with Crippen molar-refractivity contribution in [3.05, 3.63) is 48.7 Å². The second-order valence-electron chi connectivity index (χ2n) is 7.34. The Balaban J connectivity index is 1.43. The number of nitrogens with zero attached hydrogens (tertiary/aromatic N) is 3. The Labute approximate surface area is 151 Å². The van der Waals surface area contributed by atoms with Crippen molar-refractivity contribution >= 4 is 29.5 Å². The molecule has 132 valence electrons. The van der Waals surface area contributed by atoms with E-state index >= 15 is 0 Å². The molecule has 1 unspecified atom stereocenters. The minimum absolute atomic E-state index is 0.115. The quantitative estimate of drug-likeness (QED) is 0.725. The fourth-order valence-corrected chi connectivity index (χ4v) is 4.12. The van der Waals surface area contributed by atoms with E-state index < -0.39 is 0 Å². The summed E-state index contributed by atoms with van der Waals surface area (Å²) in [5.74, 6) is 1.59. The van der Waals surface area contributed by atoms with Crippen molar-refractivity contribution in [3.63, 3.8) is 0 Å². The summed E-state index contributed by atoms with van der Waals surface area (Å²) >= 11 is 0. The van der Waals surface area contributed by atoms with Gasteiger partial charge in [-0.05, 0) is 43.4 Å². The van der Waals surface area contributed by atoms with E-state index in [9.17, 15) is 4.79 Å². The highest BCUT2D eigenvalue weighted by atomic mass is 16.1. The summed E-state index contributed by atoms with van der Waals surface area (Å²) in [5.41, 5.74) is 2.79. The number of hydrazone groups is 1. The van der Waals surface area contributed by atoms with Crippen LogP contribution in [0.2, 0.25) is 0 Å². The van der Waals surface area contributed by atoms with Crippen LogP contribution in [0.5, 0.6) is 0 Å². The molecule has 2 heterocycles. The minimum atomic E-state index is -0.235. The van der Waals surface area contributed by atoms with E-state index in [4.69, 9.17) is 0 Å². The molecule has 1 aromatic rings. The number of nitrogens with one attached hydrogen (secondary N) is 3. The summed E-state index contributed by atoms with van der Waals surface area (Å²) in [6, 6.07) is 7.63. The molecular formula is C19H20N6O. The largest absolute Gasteiger partial charge is 0.365 e. The molecule has 0 spiro atoms. The Morgan fingerprint density at radius 1 is 1.38 bits per heavy atom. The van der Waals surface area contributed by atoms with Crippen molar-refractivity contribution in [3.8, 4) is 0 Å². The maximum atomic E-state index is 11.5. The smallest absolute Gasteiger partial charge is 0.247 e. The molecule has 6 rings (SSSR count). The van der Waals surface area contributed by atoms with Crippen molar-refractivity contribution in [2.24, 2.45) is 16.0 Å². The van der Waals surface area contributed by atoms with Gasteiger partial charge in [0, 0.05) is 16.8 Å². The number of amides is 1. The van der Waals surface area contributed by atoms with Crippen LogP contribution < -0.4 is 16.0 Å². The monoisotopic (exact) mass is 348 g/mol. The van der Waals surface area contributed by atoms with Crippen LogP contribution in [0, 0.1) is 5.92 Å². The van der Waals surface area contributed by atoms with Crippen LogP contribution in [0.1, 0.15) is 24.8 Å². The average Bonchev–Trinajstić information content (AvgIpc) is 3.07. The van der Waals surface area contributed by atoms with E-state index in [0.29, 0.717) is 5.69 Å². The van der Waals surface area contributed by atoms with E-state index in [1.54, 1.807) is 6.34 Å². The van der Waals surface area contributed by atoms with Gasteiger partial charge in [-0.3, -0.25) is 4.79 Å². The van der Waals surface area contributed by atoms with Gasteiger partial charge in [0.05, 0.1) is 11.9 Å². The SMILES string of the molecule is C=CC(=O)Nc1cccc(C2=CN=C(NC34CC(C3)C4)C3NC=NN23)c1. The topological polar surface area (TPSA) is 81.1 Å². The first-order valence-electron chi connectivity index (χ1n) is 8.83. The lowest BCUT2D eigenvalue weighted by Gasteiger charge is -2.62. The Morgan fingerprint density at radius 2 is 2.23 bits per heavy atom. The van der Waals surface area contributed by atoms with Gasteiger partial charge in [-0.2, -0.15) is 5.10 Å². The van der Waals surface area contributed by atoms with E-state index in [1.165, 1.54) is 25.3 Å². The molecule has 5 aliphatic rings. The Kier molecular flexibility index (Phi) is 3.19. The van der Waals surface area contributed by atoms with Crippen molar-refractivity contribution in [1.82, 2.24) is 15.6 Å². The van der Waals surface area contributed by atoms with Gasteiger partial charge in [-0.15, -0.1) is 0 Å². The molecule has 1 atom stereocenters. The molecule has 7 heteroatoms. The highest BCUT2D eigenvalue weighted by Crippen LogP contribution is 2.57. The number of anilines is 1. The summed E-state index contributed by atoms with van der Waals surface area (Å²) in [6.07, 6.45) is 8.43. The van der Waals surface area contributed by atoms with Crippen LogP contribution in [0.3, 0.4) is 0 Å². The summed E-state index contributed by atoms with van der Waals surface area (Å²) in [6.45, 7) is 3.48. The zero-order chi connectivity index (χ0) is 17.7. The molecule has 3 aliphatic carbocycles. The summed E-state index contributed by atoms with van der Waals surface area (Å²) < 4.78 is 0. The normalized spacial score (nSPS) is 30.1. The minimum Gasteiger partial charge on any atom is -0.365 e. The fraction of sp³-hybridized carbons (Fsp3) is 0.316. The first-order chi connectivity index (χ1) is 12.7. The molecular weight excluding hydrogens is 328 g/mol. The van der Waals surface area contributed by atoms with Gasteiger partial charge in [-0.25, -0.2) is 10.0 Å². The number of hydrogen-bond acceptors (Lipinski definition) is 6. The van der Waals surface area contributed by atoms with Crippen LogP contribution in [0.4, 0.5) is 5.69 Å². The number of amidine groups is 1. The number of aliphatic imine (C=N–C) groups is 1. The van der Waals surface area contributed by atoms with Crippen LogP contribution >= 0.6 is 0 Å². The van der Waals surface area contributed by atoms with E-state index in [2.05, 4.69) is 32.6 Å². The van der Waals surface area contributed by atoms with Crippen molar-refractivity contribution in [2.45, 2.75) is 31.0 Å². The van der Waals surface area contributed by atoms with Crippen LogP contribution in [0.25, 0.3) is 5.70 Å². The molecule has 26 heavy (non-hydrogen) atoms. The molecule has 1 amide bonds. The van der Waals surface area contributed by atoms with Crippen molar-refractivity contribution in [1.29, 1.82) is 0 Å². The molecule has 0 radical (unpaired) electrons. The third-order valence-corrected chi connectivity index (χ3v) is 5.53. The van der Waals surface area contributed by atoms with E-state index in [1.807, 2.05) is 35.5 Å². The van der Waals surface area contributed by atoms with Crippen LogP contribution in [-0.2, 0) is 4.79 Å². The standard InChI is InChI=1S/C19H20N6O/c1-2-16(26)23-14-5-3-4-13(6-14)15-10-20-17(18-21-11-22-25(15)18)24-19-7-12(8-19)9-19/h2-6,10-12,18H,1,7-9H2,(H,20,24)(H,21,22)(H,23,26). The molecule has 2 bridgehead atoms. The zero-order valence-corrected chi connectivity index (χ0v) is 14.3. The average molecular weight is 348 g/mol. The number of hydrogen-bond donors (Lipinski definition) is 3. The highest BCUT2D eigenvalue weighted by molar-refractivity contribution is 5.99. The molecule has 2 aliphatic heterocycles. The lowest BCUT2D eigenvalue weighted by molar-refractivity contribution is -0.111. The lowest BCUT2D eigenvalue weighted by atomic mass is 9.50. The van der Waals surface area contributed by atoms with Gasteiger partial charge in [0.15, 0.2) is 6.17 Å². The summed E-state index contributed by atoms with van der Waals surface area (Å²) in [7, 11) is 0. The van der Waals surface area contributed by atoms with E-state index in [-0.39, 0.29) is 17.6 Å². The van der Waals surface area contributed by atoms with Crippen LogP contribution in [0.15, 0.2) is 53.2 Å². The molecule has 3 saturated carbocycles. The number of carbonyl (C=O) groups excluding carboxylic acids is 1. The third kappa shape index (κ3) is 2.31. The lowest BCUT2D eigenvalue weighted by Crippen LogP contribution is -2.70. The predicted octanol–water partition coefficient (Wildman–Crippen LogP) is 1.84. The number of benzene rings is 1. The number of fused-ring (bicyclic) bond motifs is 1. The van der Waals surface area contributed by atoms with Gasteiger partial charge >= 0.3 is 0 Å². The second kappa shape index (κ2) is 5.45. The zero-order valence-electron chi connectivity index (χ0n) is 14.3. The van der Waals surface area contributed by atoms with Crippen molar-refractivity contribution < 1.29 is 4.79 Å². The summed E-state index contributed by atoms with van der Waals surface area (Å²) in [4.78, 5) is 16.2. The van der Waals surface area contributed by atoms with Crippen LogP contribution in [-0.4, -0.2) is 34.8 Å². The Bertz CT molecular complexity index is 869. The Hall–Kier alpha value is -3.09. The van der Waals surface area contributed by atoms with Gasteiger partial charge in [0.1, 0.15) is 12.2 Å². The van der Waals surface area contributed by atoms with Gasteiger partial charge in [0.2, 0.25) is 5.91 Å². The molecule has 0 aromatic heterocycles. The summed E-state index contributed by atoms with van der Waals surface area (Å²) in [5, 5.41) is 16.1. The third-order valence-electron chi connectivity index (χ3n) is 5.53. The number of rotatable bonds is 4. The number of carbonyl (C=O) groups is 1. The van der Waals surface area contributed by atoms with Crippen molar-refractivity contribution in [2.75, 3.05) is 5.32 Å². The molecule has 3 fully saturated rings. The molecule has 0 saturated heterocycles. The Morgan fingerprint density at radius 3 is 2.96 bits per heavy atom. The molecule has 7 nitrogen and oxygen atoms in total.